The molecule has 1 aromatic heterocycles. The molecule has 20 heavy (non-hydrogen) atoms. The first-order valence-corrected chi connectivity index (χ1v) is 6.55. The van der Waals surface area contributed by atoms with E-state index in [0.29, 0.717) is 5.56 Å². The summed E-state index contributed by atoms with van der Waals surface area (Å²) >= 11 is 0. The minimum Gasteiger partial charge on any atom is -0.267 e. The lowest BCUT2D eigenvalue weighted by Crippen LogP contribution is -2.20. The summed E-state index contributed by atoms with van der Waals surface area (Å²) < 4.78 is 0. The molecule has 2 aromatic rings. The Bertz CT molecular complexity index is 603. The Morgan fingerprint density at radius 3 is 2.50 bits per heavy atom. The van der Waals surface area contributed by atoms with Gasteiger partial charge < -0.3 is 0 Å². The van der Waals surface area contributed by atoms with Crippen molar-refractivity contribution >= 4 is 11.6 Å². The number of pyridine rings is 1. The molecule has 0 saturated carbocycles. The van der Waals surface area contributed by atoms with Crippen LogP contribution in [0.1, 0.15) is 35.0 Å². The van der Waals surface area contributed by atoms with Gasteiger partial charge in [0.1, 0.15) is 0 Å². The summed E-state index contributed by atoms with van der Waals surface area (Å²) in [6, 6.07) is 13.3. The molecular weight excluding hydrogens is 250 g/mol. The van der Waals surface area contributed by atoms with Crippen molar-refractivity contribution in [3.8, 4) is 0 Å². The Morgan fingerprint density at radius 2 is 1.90 bits per heavy atom. The highest BCUT2D eigenvalue weighted by Gasteiger charge is 2.06. The molecule has 102 valence electrons. The first kappa shape index (κ1) is 13.9. The molecular formula is C16H17N3O. The number of hydrazone groups is 1. The van der Waals surface area contributed by atoms with Gasteiger partial charge in [0.25, 0.3) is 5.91 Å². The highest BCUT2D eigenvalue weighted by Crippen LogP contribution is 2.04. The van der Waals surface area contributed by atoms with Crippen molar-refractivity contribution in [1.82, 2.24) is 10.4 Å². The number of benzene rings is 1. The third-order valence-electron chi connectivity index (χ3n) is 2.91. The molecule has 1 aromatic carbocycles. The van der Waals surface area contributed by atoms with Crippen LogP contribution in [0.3, 0.4) is 0 Å². The molecule has 0 fully saturated rings. The summed E-state index contributed by atoms with van der Waals surface area (Å²) in [4.78, 5) is 16.0. The van der Waals surface area contributed by atoms with Crippen LogP contribution in [0.5, 0.6) is 0 Å². The number of carbonyl (C=O) groups excluding carboxylic acids is 1. The van der Waals surface area contributed by atoms with E-state index in [-0.39, 0.29) is 5.91 Å². The fraction of sp³-hybridized carbons (Fsp3) is 0.188. The largest absolute Gasteiger partial charge is 0.272 e. The van der Waals surface area contributed by atoms with E-state index in [0.717, 1.165) is 23.4 Å². The van der Waals surface area contributed by atoms with Gasteiger partial charge in [0.2, 0.25) is 0 Å². The van der Waals surface area contributed by atoms with E-state index in [1.807, 2.05) is 44.2 Å². The molecule has 0 aliphatic heterocycles. The van der Waals surface area contributed by atoms with Crippen molar-refractivity contribution in [2.45, 2.75) is 20.3 Å². The molecule has 2 rings (SSSR count). The standard InChI is InChI=1S/C16H17N3O/c1-3-15(13-7-5-4-6-8-13)18-19-16(20)14-10-9-12(2)17-11-14/h4-11H,3H2,1-2H3,(H,19,20). The van der Waals surface area contributed by atoms with Crippen LogP contribution in [-0.2, 0) is 0 Å². The molecule has 0 saturated heterocycles. The Hall–Kier alpha value is -2.49. The van der Waals surface area contributed by atoms with Gasteiger partial charge in [-0.1, -0.05) is 37.3 Å². The summed E-state index contributed by atoms with van der Waals surface area (Å²) in [5.74, 6) is -0.251. The molecule has 0 aliphatic carbocycles. The lowest BCUT2D eigenvalue weighted by atomic mass is 10.1. The average Bonchev–Trinajstić information content (AvgIpc) is 2.49. The zero-order valence-electron chi connectivity index (χ0n) is 11.6. The second-order valence-corrected chi connectivity index (χ2v) is 4.41. The number of aryl methyl sites for hydroxylation is 1. The average molecular weight is 267 g/mol. The van der Waals surface area contributed by atoms with E-state index in [4.69, 9.17) is 0 Å². The first-order chi connectivity index (χ1) is 9.70. The van der Waals surface area contributed by atoms with Gasteiger partial charge >= 0.3 is 0 Å². The van der Waals surface area contributed by atoms with Crippen LogP contribution >= 0.6 is 0 Å². The number of amides is 1. The van der Waals surface area contributed by atoms with Gasteiger partial charge in [-0.2, -0.15) is 5.10 Å². The zero-order chi connectivity index (χ0) is 14.4. The highest BCUT2D eigenvalue weighted by atomic mass is 16.2. The molecule has 0 radical (unpaired) electrons. The van der Waals surface area contributed by atoms with Crippen molar-refractivity contribution < 1.29 is 4.79 Å². The third-order valence-corrected chi connectivity index (χ3v) is 2.91. The molecule has 1 N–H and O–H groups in total. The number of hydrogen-bond acceptors (Lipinski definition) is 3. The molecule has 0 bridgehead atoms. The lowest BCUT2D eigenvalue weighted by molar-refractivity contribution is 0.0954. The minimum atomic E-state index is -0.251. The molecule has 4 heteroatoms. The number of aromatic nitrogens is 1. The molecule has 0 atom stereocenters. The van der Waals surface area contributed by atoms with Crippen molar-refractivity contribution in [3.05, 3.63) is 65.5 Å². The van der Waals surface area contributed by atoms with Gasteiger partial charge in [0.05, 0.1) is 11.3 Å². The topological polar surface area (TPSA) is 54.4 Å². The summed E-state index contributed by atoms with van der Waals surface area (Å²) in [5.41, 5.74) is 5.82. The number of rotatable bonds is 4. The molecule has 4 nitrogen and oxygen atoms in total. The Balaban J connectivity index is 2.11. The van der Waals surface area contributed by atoms with Crippen LogP contribution in [0.15, 0.2) is 53.8 Å². The Labute approximate surface area is 118 Å². The fourth-order valence-corrected chi connectivity index (χ4v) is 1.76. The van der Waals surface area contributed by atoms with E-state index in [1.165, 1.54) is 0 Å². The number of nitrogens with zero attached hydrogens (tertiary/aromatic N) is 2. The fourth-order valence-electron chi connectivity index (χ4n) is 1.76. The van der Waals surface area contributed by atoms with Crippen LogP contribution in [0, 0.1) is 6.92 Å². The van der Waals surface area contributed by atoms with E-state index in [2.05, 4.69) is 15.5 Å². The number of hydrogen-bond donors (Lipinski definition) is 1. The molecule has 0 spiro atoms. The molecule has 0 aliphatic rings. The SMILES string of the molecule is CCC(=NNC(=O)c1ccc(C)nc1)c1ccccc1. The third kappa shape index (κ3) is 3.51. The summed E-state index contributed by atoms with van der Waals surface area (Å²) in [5, 5.41) is 4.20. The van der Waals surface area contributed by atoms with Gasteiger partial charge in [-0.15, -0.1) is 0 Å². The van der Waals surface area contributed by atoms with Crippen LogP contribution in [0.2, 0.25) is 0 Å². The van der Waals surface area contributed by atoms with Crippen LogP contribution in [0.4, 0.5) is 0 Å². The van der Waals surface area contributed by atoms with Gasteiger partial charge in [0, 0.05) is 11.9 Å². The van der Waals surface area contributed by atoms with E-state index < -0.39 is 0 Å². The van der Waals surface area contributed by atoms with E-state index in [9.17, 15) is 4.79 Å². The van der Waals surface area contributed by atoms with Gasteiger partial charge in [0.15, 0.2) is 0 Å². The van der Waals surface area contributed by atoms with Gasteiger partial charge in [-0.3, -0.25) is 9.78 Å². The monoisotopic (exact) mass is 267 g/mol. The summed E-state index contributed by atoms with van der Waals surface area (Å²) in [6.07, 6.45) is 2.30. The smallest absolute Gasteiger partial charge is 0.267 e. The maximum atomic E-state index is 11.9. The van der Waals surface area contributed by atoms with E-state index >= 15 is 0 Å². The first-order valence-electron chi connectivity index (χ1n) is 6.55. The molecule has 1 amide bonds. The van der Waals surface area contributed by atoms with Crippen molar-refractivity contribution in [2.75, 3.05) is 0 Å². The summed E-state index contributed by atoms with van der Waals surface area (Å²) in [7, 11) is 0. The second-order valence-electron chi connectivity index (χ2n) is 4.41. The quantitative estimate of drug-likeness (QED) is 0.684. The maximum absolute atomic E-state index is 11.9. The van der Waals surface area contributed by atoms with E-state index in [1.54, 1.807) is 18.3 Å². The summed E-state index contributed by atoms with van der Waals surface area (Å²) in [6.45, 7) is 3.88. The Morgan fingerprint density at radius 1 is 1.15 bits per heavy atom. The van der Waals surface area contributed by atoms with Crippen LogP contribution < -0.4 is 5.43 Å². The second kappa shape index (κ2) is 6.61. The normalized spacial score (nSPS) is 11.2. The number of nitrogens with one attached hydrogen (secondary N) is 1. The van der Waals surface area contributed by atoms with Crippen molar-refractivity contribution in [2.24, 2.45) is 5.10 Å². The van der Waals surface area contributed by atoms with Crippen molar-refractivity contribution in [3.63, 3.8) is 0 Å². The highest BCUT2D eigenvalue weighted by molar-refractivity contribution is 6.02. The van der Waals surface area contributed by atoms with Crippen molar-refractivity contribution in [1.29, 1.82) is 0 Å². The number of carbonyl (C=O) groups is 1. The Kier molecular flexibility index (Phi) is 4.60. The predicted molar refractivity (Wildman–Crippen MR) is 79.7 cm³/mol. The predicted octanol–water partition coefficient (Wildman–Crippen LogP) is 2.93. The molecule has 0 unspecified atom stereocenters. The van der Waals surface area contributed by atoms with Crippen LogP contribution in [-0.4, -0.2) is 16.6 Å². The van der Waals surface area contributed by atoms with Gasteiger partial charge in [-0.05, 0) is 31.0 Å². The molecule has 1 heterocycles. The lowest BCUT2D eigenvalue weighted by Gasteiger charge is -2.05. The van der Waals surface area contributed by atoms with Crippen LogP contribution in [0.25, 0.3) is 0 Å². The van der Waals surface area contributed by atoms with Gasteiger partial charge in [-0.25, -0.2) is 5.43 Å². The zero-order valence-corrected chi connectivity index (χ0v) is 11.6. The minimum absolute atomic E-state index is 0.251. The maximum Gasteiger partial charge on any atom is 0.272 e.